The summed E-state index contributed by atoms with van der Waals surface area (Å²) in [7, 11) is 1.56. The summed E-state index contributed by atoms with van der Waals surface area (Å²) in [5.41, 5.74) is 1.40. The van der Waals surface area contributed by atoms with Gasteiger partial charge in [-0.05, 0) is 31.0 Å². The number of carbonyl (C=O) groups is 1. The number of benzene rings is 1. The highest BCUT2D eigenvalue weighted by atomic mass is 16.5. The van der Waals surface area contributed by atoms with Crippen molar-refractivity contribution >= 4 is 11.6 Å². The smallest absolute Gasteiger partial charge is 0.254 e. The molecule has 0 aliphatic carbocycles. The molecular formula is C21H21N5O3. The standard InChI is InChI=1S/C21H21N5O3/c1-29-18-8-3-2-7-16(18)25-21(28)14-6-4-5-11-26-19(27)12-17(24-20(14)26)15-9-10-22-13-23-15/h2-3,7-10,12-14H,4-6,11H2,1H3,(H,25,28). The molecule has 0 saturated heterocycles. The van der Waals surface area contributed by atoms with Crippen LogP contribution >= 0.6 is 0 Å². The first-order valence-electron chi connectivity index (χ1n) is 9.49. The average molecular weight is 391 g/mol. The molecule has 1 aliphatic rings. The summed E-state index contributed by atoms with van der Waals surface area (Å²) < 4.78 is 6.93. The monoisotopic (exact) mass is 391 g/mol. The van der Waals surface area contributed by atoms with Crippen LogP contribution < -0.4 is 15.6 Å². The van der Waals surface area contributed by atoms with Crippen molar-refractivity contribution in [1.82, 2.24) is 19.5 Å². The summed E-state index contributed by atoms with van der Waals surface area (Å²) in [6.07, 6.45) is 5.27. The fraction of sp³-hybridized carbons (Fsp3) is 0.286. The van der Waals surface area contributed by atoms with Crippen molar-refractivity contribution in [3.05, 3.63) is 65.1 Å². The molecule has 1 aliphatic heterocycles. The number of nitrogens with zero attached hydrogens (tertiary/aromatic N) is 4. The molecule has 1 N–H and O–H groups in total. The minimum absolute atomic E-state index is 0.180. The van der Waals surface area contributed by atoms with Crippen LogP contribution in [0.2, 0.25) is 0 Å². The lowest BCUT2D eigenvalue weighted by Gasteiger charge is -2.19. The zero-order valence-electron chi connectivity index (χ0n) is 16.0. The van der Waals surface area contributed by atoms with Crippen molar-refractivity contribution in [2.24, 2.45) is 0 Å². The molecule has 1 aromatic carbocycles. The van der Waals surface area contributed by atoms with Crippen molar-refractivity contribution in [3.63, 3.8) is 0 Å². The molecule has 8 nitrogen and oxygen atoms in total. The van der Waals surface area contributed by atoms with Crippen LogP contribution in [0.4, 0.5) is 5.69 Å². The highest BCUT2D eigenvalue weighted by Gasteiger charge is 2.29. The molecule has 29 heavy (non-hydrogen) atoms. The van der Waals surface area contributed by atoms with Gasteiger partial charge in [0.05, 0.1) is 30.1 Å². The summed E-state index contributed by atoms with van der Waals surface area (Å²) >= 11 is 0. The van der Waals surface area contributed by atoms with Gasteiger partial charge < -0.3 is 10.1 Å². The molecule has 3 heterocycles. The minimum atomic E-state index is -0.545. The first-order valence-corrected chi connectivity index (χ1v) is 9.49. The van der Waals surface area contributed by atoms with Gasteiger partial charge in [0, 0.05) is 18.8 Å². The van der Waals surface area contributed by atoms with Crippen molar-refractivity contribution < 1.29 is 9.53 Å². The zero-order chi connectivity index (χ0) is 20.2. The Kier molecular flexibility index (Phi) is 5.33. The molecule has 8 heteroatoms. The van der Waals surface area contributed by atoms with Crippen LogP contribution in [0.5, 0.6) is 5.75 Å². The van der Waals surface area contributed by atoms with E-state index in [1.165, 1.54) is 12.4 Å². The summed E-state index contributed by atoms with van der Waals surface area (Å²) in [6, 6.07) is 10.4. The van der Waals surface area contributed by atoms with Crippen LogP contribution in [0, 0.1) is 0 Å². The second kappa shape index (κ2) is 8.22. The second-order valence-corrected chi connectivity index (χ2v) is 6.82. The van der Waals surface area contributed by atoms with Crippen molar-refractivity contribution in [2.45, 2.75) is 31.7 Å². The molecule has 0 spiro atoms. The van der Waals surface area contributed by atoms with Crippen molar-refractivity contribution in [1.29, 1.82) is 0 Å². The van der Waals surface area contributed by atoms with Crippen molar-refractivity contribution in [2.75, 3.05) is 12.4 Å². The van der Waals surface area contributed by atoms with E-state index in [2.05, 4.69) is 20.3 Å². The fourth-order valence-corrected chi connectivity index (χ4v) is 3.55. The topological polar surface area (TPSA) is 99.0 Å². The highest BCUT2D eigenvalue weighted by Crippen LogP contribution is 2.29. The number of methoxy groups -OCH3 is 1. The first kappa shape index (κ1) is 18.8. The number of nitrogens with one attached hydrogen (secondary N) is 1. The minimum Gasteiger partial charge on any atom is -0.495 e. The Labute approximate surface area is 167 Å². The molecule has 0 bridgehead atoms. The maximum atomic E-state index is 13.2. The summed E-state index contributed by atoms with van der Waals surface area (Å²) in [6.45, 7) is 0.545. The fourth-order valence-electron chi connectivity index (χ4n) is 3.55. The molecule has 3 aromatic rings. The lowest BCUT2D eigenvalue weighted by molar-refractivity contribution is -0.117. The van der Waals surface area contributed by atoms with Gasteiger partial charge in [0.2, 0.25) is 5.91 Å². The number of hydrogen-bond acceptors (Lipinski definition) is 6. The Morgan fingerprint density at radius 2 is 2.07 bits per heavy atom. The van der Waals surface area contributed by atoms with Gasteiger partial charge in [-0.3, -0.25) is 14.2 Å². The van der Waals surface area contributed by atoms with E-state index in [9.17, 15) is 9.59 Å². The van der Waals surface area contributed by atoms with E-state index in [0.29, 0.717) is 41.6 Å². The molecule has 0 fully saturated rings. The Morgan fingerprint density at radius 3 is 2.86 bits per heavy atom. The van der Waals surface area contributed by atoms with Gasteiger partial charge >= 0.3 is 0 Å². The van der Waals surface area contributed by atoms with Crippen LogP contribution in [0.25, 0.3) is 11.4 Å². The third-order valence-electron chi connectivity index (χ3n) is 5.00. The molecule has 1 unspecified atom stereocenters. The molecular weight excluding hydrogens is 370 g/mol. The van der Waals surface area contributed by atoms with Crippen molar-refractivity contribution in [3.8, 4) is 17.1 Å². The number of anilines is 1. The highest BCUT2D eigenvalue weighted by molar-refractivity contribution is 5.96. The summed E-state index contributed by atoms with van der Waals surface area (Å²) in [5, 5.41) is 2.93. The van der Waals surface area contributed by atoms with Gasteiger partial charge in [-0.1, -0.05) is 18.6 Å². The third-order valence-corrected chi connectivity index (χ3v) is 5.00. The molecule has 1 amide bonds. The SMILES string of the molecule is COc1ccccc1NC(=O)C1CCCCn2c1nc(-c1ccncn1)cc2=O. The lowest BCUT2D eigenvalue weighted by Crippen LogP contribution is -2.30. The number of hydrogen-bond donors (Lipinski definition) is 1. The molecule has 148 valence electrons. The van der Waals surface area contributed by atoms with Gasteiger partial charge in [-0.2, -0.15) is 0 Å². The number of carbonyl (C=O) groups excluding carboxylic acids is 1. The van der Waals surface area contributed by atoms with E-state index in [1.807, 2.05) is 12.1 Å². The Hall–Kier alpha value is -3.55. The number of amides is 1. The maximum absolute atomic E-state index is 13.2. The number of ether oxygens (including phenoxy) is 1. The van der Waals surface area contributed by atoms with Gasteiger partial charge in [0.25, 0.3) is 5.56 Å². The van der Waals surface area contributed by atoms with E-state index < -0.39 is 5.92 Å². The van der Waals surface area contributed by atoms with Crippen LogP contribution in [0.15, 0.2) is 53.7 Å². The normalized spacial score (nSPS) is 15.8. The van der Waals surface area contributed by atoms with Gasteiger partial charge in [-0.15, -0.1) is 0 Å². The van der Waals surface area contributed by atoms with Crippen LogP contribution in [0.3, 0.4) is 0 Å². The summed E-state index contributed by atoms with van der Waals surface area (Å²) in [5.74, 6) is 0.291. The molecule has 2 aromatic heterocycles. The molecule has 0 radical (unpaired) electrons. The Bertz CT molecular complexity index is 1080. The van der Waals surface area contributed by atoms with Crippen LogP contribution in [0.1, 0.15) is 31.0 Å². The van der Waals surface area contributed by atoms with E-state index >= 15 is 0 Å². The second-order valence-electron chi connectivity index (χ2n) is 6.82. The van der Waals surface area contributed by atoms with Gasteiger partial charge in [0.1, 0.15) is 17.9 Å². The number of fused-ring (bicyclic) bond motifs is 1. The van der Waals surface area contributed by atoms with E-state index in [1.54, 1.807) is 36.1 Å². The Morgan fingerprint density at radius 1 is 1.21 bits per heavy atom. The van der Waals surface area contributed by atoms with E-state index in [4.69, 9.17) is 4.74 Å². The van der Waals surface area contributed by atoms with Crippen LogP contribution in [-0.4, -0.2) is 32.5 Å². The van der Waals surface area contributed by atoms with Gasteiger partial charge in [-0.25, -0.2) is 15.0 Å². The quantitative estimate of drug-likeness (QED) is 0.734. The van der Waals surface area contributed by atoms with Crippen LogP contribution in [-0.2, 0) is 11.3 Å². The molecule has 1 atom stereocenters. The maximum Gasteiger partial charge on any atom is 0.254 e. The zero-order valence-corrected chi connectivity index (χ0v) is 16.0. The Balaban J connectivity index is 1.73. The lowest BCUT2D eigenvalue weighted by atomic mass is 10.0. The predicted molar refractivity (Wildman–Crippen MR) is 108 cm³/mol. The molecule has 4 rings (SSSR count). The average Bonchev–Trinajstić information content (AvgIpc) is 2.98. The summed E-state index contributed by atoms with van der Waals surface area (Å²) in [4.78, 5) is 38.7. The number of rotatable bonds is 4. The number of para-hydroxylation sites is 2. The van der Waals surface area contributed by atoms with E-state index in [-0.39, 0.29) is 11.5 Å². The largest absolute Gasteiger partial charge is 0.495 e. The van der Waals surface area contributed by atoms with Gasteiger partial charge in [0.15, 0.2) is 0 Å². The number of aromatic nitrogens is 4. The van der Waals surface area contributed by atoms with E-state index in [0.717, 1.165) is 12.8 Å². The molecule has 0 saturated carbocycles. The first-order chi connectivity index (χ1) is 14.2. The predicted octanol–water partition coefficient (Wildman–Crippen LogP) is 2.62. The third kappa shape index (κ3) is 3.87.